The Morgan fingerprint density at radius 1 is 1.14 bits per heavy atom. The largest absolute Gasteiger partial charge is 0.445 e. The normalized spacial score (nSPS) is 13.4. The number of hydrogen-bond donors (Lipinski definition) is 3. The van der Waals surface area contributed by atoms with Crippen molar-refractivity contribution < 1.29 is 19.0 Å². The first-order valence-electron chi connectivity index (χ1n) is 17.4. The van der Waals surface area contributed by atoms with E-state index in [0.717, 1.165) is 53.7 Å². The first kappa shape index (κ1) is 54.1. The Bertz CT molecular complexity index is 1410. The Kier molecular flexibility index (Phi) is 34.2. The fraction of sp³-hybridized carbons (Fsp3) is 0.525. The van der Waals surface area contributed by atoms with Gasteiger partial charge in [0.15, 0.2) is 5.43 Å². The topological polar surface area (TPSA) is 144 Å². The number of aryl methyl sites for hydroxylation is 2. The summed E-state index contributed by atoms with van der Waals surface area (Å²) in [6.07, 6.45) is 6.14. The summed E-state index contributed by atoms with van der Waals surface area (Å²) >= 11 is 1.52. The van der Waals surface area contributed by atoms with Gasteiger partial charge in [-0.05, 0) is 89.2 Å². The summed E-state index contributed by atoms with van der Waals surface area (Å²) in [4.78, 5) is 48.8. The van der Waals surface area contributed by atoms with Gasteiger partial charge in [-0.15, -0.1) is 17.9 Å². The van der Waals surface area contributed by atoms with Gasteiger partial charge in [0, 0.05) is 28.9 Å². The smallest absolute Gasteiger partial charge is 0.283 e. The minimum absolute atomic E-state index is 0.0369. The van der Waals surface area contributed by atoms with Gasteiger partial charge >= 0.3 is 0 Å². The van der Waals surface area contributed by atoms with E-state index in [2.05, 4.69) is 59.6 Å². The van der Waals surface area contributed by atoms with Crippen LogP contribution in [0.5, 0.6) is 0 Å². The maximum Gasteiger partial charge on any atom is 0.283 e. The van der Waals surface area contributed by atoms with E-state index in [1.54, 1.807) is 31.5 Å². The van der Waals surface area contributed by atoms with Crippen molar-refractivity contribution in [3.63, 3.8) is 0 Å². The Morgan fingerprint density at radius 2 is 1.69 bits per heavy atom. The standard InChI is InChI=1S/C14H12N2OS.C7H12O.C6H13BO.C6H11NO.C2H5N.2C2H6.CH2O/c1-8-3-4-10-13(17)5-11(12-6-18-7-15-12)16-14(10)9(8)2;1-4-7(5-2)6(3)8;1-5(8-7)6(2,3)4;1-5(8)6-3-2-4-7-6;1-2-3;3*1-2/h3-7H,1-2H3,(H,16,17);4,7H,1,5H2,2-3H3;5H,1-4H3;6-7H,2-4H2,1H3;2H,1,3H2;2*1-2H3;1H2. The van der Waals surface area contributed by atoms with Gasteiger partial charge in [-0.25, -0.2) is 4.98 Å². The number of allylic oxidation sites excluding steroid dienone is 1. The van der Waals surface area contributed by atoms with E-state index in [-0.39, 0.29) is 40.5 Å². The molecule has 2 radical (unpaired) electrons. The molecule has 9 nitrogen and oxygen atoms in total. The Morgan fingerprint density at radius 3 is 1.98 bits per heavy atom. The maximum atomic E-state index is 12.1. The van der Waals surface area contributed by atoms with Gasteiger partial charge in [-0.2, -0.15) is 0 Å². The number of hydrogen-bond acceptors (Lipinski definition) is 9. The highest BCUT2D eigenvalue weighted by atomic mass is 32.1. The van der Waals surface area contributed by atoms with Crippen LogP contribution in [0.2, 0.25) is 0 Å². The van der Waals surface area contributed by atoms with Crippen LogP contribution in [-0.4, -0.2) is 55.1 Å². The molecule has 0 spiro atoms. The Labute approximate surface area is 314 Å². The number of pyridine rings is 1. The number of aromatic nitrogens is 2. The minimum atomic E-state index is 0.0369. The number of carbonyl (C=O) groups is 3. The third-order valence-electron chi connectivity index (χ3n) is 7.47. The van der Waals surface area contributed by atoms with E-state index in [9.17, 15) is 14.4 Å². The lowest BCUT2D eigenvalue weighted by Crippen LogP contribution is -2.28. The van der Waals surface area contributed by atoms with Gasteiger partial charge in [0.05, 0.1) is 28.5 Å². The van der Waals surface area contributed by atoms with Crippen LogP contribution in [0.25, 0.3) is 22.3 Å². The predicted octanol–water partition coefficient (Wildman–Crippen LogP) is 8.86. The monoisotopic (exact) mass is 726 g/mol. The van der Waals surface area contributed by atoms with Crippen LogP contribution in [0.3, 0.4) is 0 Å². The zero-order chi connectivity index (χ0) is 40.7. The molecule has 1 aromatic carbocycles. The first-order chi connectivity index (χ1) is 24.1. The number of nitrogens with one attached hydrogen (secondary N) is 2. The molecule has 11 heteroatoms. The molecule has 1 fully saturated rings. The van der Waals surface area contributed by atoms with Gasteiger partial charge in [0.25, 0.3) is 8.05 Å². The highest BCUT2D eigenvalue weighted by Crippen LogP contribution is 2.22. The Balaban J connectivity index is -0.000000287. The summed E-state index contributed by atoms with van der Waals surface area (Å²) in [6.45, 7) is 35.2. The van der Waals surface area contributed by atoms with Crippen molar-refractivity contribution in [2.45, 2.75) is 121 Å². The molecule has 3 unspecified atom stereocenters. The van der Waals surface area contributed by atoms with Crippen LogP contribution < -0.4 is 16.5 Å². The quantitative estimate of drug-likeness (QED) is 0.169. The molecule has 2 aromatic heterocycles. The third-order valence-corrected chi connectivity index (χ3v) is 8.05. The number of thiazole rings is 1. The molecule has 0 aliphatic carbocycles. The first-order valence-corrected chi connectivity index (χ1v) is 18.4. The maximum absolute atomic E-state index is 12.1. The van der Waals surface area contributed by atoms with Gasteiger partial charge in [0.1, 0.15) is 18.4 Å². The molecule has 4 rings (SSSR count). The number of benzene rings is 1. The molecular formula is C40H67BN4O5S. The second-order valence-electron chi connectivity index (χ2n) is 11.9. The number of ketones is 2. The molecule has 0 amide bonds. The van der Waals surface area contributed by atoms with Crippen molar-refractivity contribution in [2.24, 2.45) is 17.1 Å². The molecule has 4 N–H and O–H groups in total. The van der Waals surface area contributed by atoms with Crippen molar-refractivity contribution in [1.29, 1.82) is 0 Å². The van der Waals surface area contributed by atoms with Crippen molar-refractivity contribution in [1.82, 2.24) is 15.3 Å². The van der Waals surface area contributed by atoms with E-state index in [4.69, 9.17) is 12.8 Å². The van der Waals surface area contributed by atoms with Crippen LogP contribution in [0.4, 0.5) is 0 Å². The molecular weight excluding hydrogens is 659 g/mol. The summed E-state index contributed by atoms with van der Waals surface area (Å²) < 4.78 is 4.61. The average molecular weight is 727 g/mol. The van der Waals surface area contributed by atoms with Crippen molar-refractivity contribution in [3.8, 4) is 11.4 Å². The summed E-state index contributed by atoms with van der Waals surface area (Å²) in [5, 5.41) is 5.77. The van der Waals surface area contributed by atoms with Crippen molar-refractivity contribution in [3.05, 3.63) is 75.9 Å². The lowest BCUT2D eigenvalue weighted by atomic mass is 9.90. The van der Waals surface area contributed by atoms with E-state index < -0.39 is 0 Å². The molecule has 51 heavy (non-hydrogen) atoms. The van der Waals surface area contributed by atoms with E-state index >= 15 is 0 Å². The van der Waals surface area contributed by atoms with Gasteiger partial charge in [-0.1, -0.05) is 74.1 Å². The number of rotatable bonds is 6. The Hall–Kier alpha value is -3.67. The van der Waals surface area contributed by atoms with Gasteiger partial charge < -0.3 is 25.5 Å². The SMILES string of the molecule is C=CC(CC)C(C)=O.C=CN.C=O.CC.CC.CC(=O)C1CCCN1.Cc1ccc2c(=O)cc(-c3cscn3)[nH]c2c1C.[B]OC(C)C(C)(C)C. The van der Waals surface area contributed by atoms with Crippen molar-refractivity contribution in [2.75, 3.05) is 6.54 Å². The molecule has 1 saturated heterocycles. The third kappa shape index (κ3) is 22.7. The summed E-state index contributed by atoms with van der Waals surface area (Å²) in [5.74, 6) is 0.569. The summed E-state index contributed by atoms with van der Waals surface area (Å²) in [5.41, 5.74) is 11.4. The van der Waals surface area contributed by atoms with Gasteiger partial charge in [-0.3, -0.25) is 14.4 Å². The fourth-order valence-electron chi connectivity index (χ4n) is 3.90. The zero-order valence-electron chi connectivity index (χ0n) is 33.8. The van der Waals surface area contributed by atoms with E-state index in [1.165, 1.54) is 23.1 Å². The molecule has 3 aromatic rings. The average Bonchev–Trinajstić information content (AvgIpc) is 3.86. The van der Waals surface area contributed by atoms with Crippen LogP contribution in [-0.2, 0) is 19.0 Å². The molecule has 0 saturated carbocycles. The number of carbonyl (C=O) groups excluding carboxylic acids is 3. The molecule has 1 aliphatic rings. The molecule has 3 heterocycles. The fourth-order valence-corrected chi connectivity index (χ4v) is 4.45. The number of H-pyrrole nitrogens is 1. The van der Waals surface area contributed by atoms with Crippen LogP contribution in [0.1, 0.15) is 107 Å². The van der Waals surface area contributed by atoms with Crippen LogP contribution >= 0.6 is 11.3 Å². The zero-order valence-corrected chi connectivity index (χ0v) is 34.6. The highest BCUT2D eigenvalue weighted by Gasteiger charge is 2.18. The van der Waals surface area contributed by atoms with Gasteiger partial charge in [0.2, 0.25) is 0 Å². The second kappa shape index (κ2) is 32.3. The summed E-state index contributed by atoms with van der Waals surface area (Å²) in [6, 6.07) is 5.65. The number of nitrogens with zero attached hydrogens (tertiary/aromatic N) is 1. The molecule has 3 atom stereocenters. The van der Waals surface area contributed by atoms with Crippen molar-refractivity contribution >= 4 is 48.6 Å². The summed E-state index contributed by atoms with van der Waals surface area (Å²) in [7, 11) is 4.96. The second-order valence-corrected chi connectivity index (χ2v) is 12.6. The highest BCUT2D eigenvalue weighted by molar-refractivity contribution is 7.07. The predicted molar refractivity (Wildman–Crippen MR) is 221 cm³/mol. The van der Waals surface area contributed by atoms with E-state index in [0.29, 0.717) is 0 Å². The number of aromatic amines is 1. The van der Waals surface area contributed by atoms with Crippen LogP contribution in [0.15, 0.2) is 59.3 Å². The number of fused-ring (bicyclic) bond motifs is 1. The molecule has 1 aliphatic heterocycles. The van der Waals surface area contributed by atoms with E-state index in [1.807, 2.05) is 79.7 Å². The van der Waals surface area contributed by atoms with Crippen LogP contribution in [0, 0.1) is 25.2 Å². The molecule has 0 bridgehead atoms. The number of Topliss-reactive ketones (excluding diaryl/α,β-unsaturated/α-hetero) is 2. The lowest BCUT2D eigenvalue weighted by Gasteiger charge is -2.25. The number of nitrogens with two attached hydrogens (primary N) is 1. The molecule has 286 valence electrons. The minimum Gasteiger partial charge on any atom is -0.445 e. The lowest BCUT2D eigenvalue weighted by molar-refractivity contribution is -0.119.